The molecule has 0 aliphatic heterocycles. The number of esters is 1. The summed E-state index contributed by atoms with van der Waals surface area (Å²) in [5.74, 6) is -2.52. The van der Waals surface area contributed by atoms with Gasteiger partial charge in [0.05, 0.1) is 33.6 Å². The number of para-hydroxylation sites is 1. The number of anilines is 2. The zero-order chi connectivity index (χ0) is 18.4. The molecule has 0 heterocycles. The summed E-state index contributed by atoms with van der Waals surface area (Å²) >= 11 is 11.8. The van der Waals surface area contributed by atoms with Crippen LogP contribution in [0.4, 0.5) is 11.4 Å². The molecular formula is C17H14Cl2N2O4. The molecule has 0 aliphatic rings. The lowest BCUT2D eigenvalue weighted by atomic mass is 10.2. The van der Waals surface area contributed by atoms with Crippen LogP contribution in [0.15, 0.2) is 42.5 Å². The van der Waals surface area contributed by atoms with Crippen molar-refractivity contribution in [2.45, 2.75) is 6.92 Å². The van der Waals surface area contributed by atoms with Gasteiger partial charge in [-0.1, -0.05) is 41.4 Å². The highest BCUT2D eigenvalue weighted by Gasteiger charge is 2.19. The fourth-order valence-electron chi connectivity index (χ4n) is 1.94. The average Bonchev–Trinajstić information content (AvgIpc) is 2.59. The Labute approximate surface area is 154 Å². The molecule has 2 amide bonds. The molecule has 2 aromatic rings. The van der Waals surface area contributed by atoms with E-state index in [9.17, 15) is 14.4 Å². The average molecular weight is 381 g/mol. The largest absolute Gasteiger partial charge is 0.462 e. The first kappa shape index (κ1) is 18.8. The summed E-state index contributed by atoms with van der Waals surface area (Å²) < 4.78 is 4.91. The molecule has 0 unspecified atom stereocenters. The predicted molar refractivity (Wildman–Crippen MR) is 96.1 cm³/mol. The van der Waals surface area contributed by atoms with Crippen molar-refractivity contribution in [1.29, 1.82) is 0 Å². The zero-order valence-electron chi connectivity index (χ0n) is 13.1. The van der Waals surface area contributed by atoms with Crippen LogP contribution in [0.3, 0.4) is 0 Å². The monoisotopic (exact) mass is 380 g/mol. The minimum absolute atomic E-state index is 0.122. The number of benzene rings is 2. The molecule has 6 nitrogen and oxygen atoms in total. The lowest BCUT2D eigenvalue weighted by Crippen LogP contribution is -2.30. The van der Waals surface area contributed by atoms with Gasteiger partial charge in [-0.25, -0.2) is 4.79 Å². The van der Waals surface area contributed by atoms with Crippen molar-refractivity contribution >= 4 is 52.4 Å². The molecule has 0 bridgehead atoms. The number of carbonyl (C=O) groups is 3. The Morgan fingerprint density at radius 2 is 1.52 bits per heavy atom. The van der Waals surface area contributed by atoms with Crippen LogP contribution >= 0.6 is 23.2 Å². The van der Waals surface area contributed by atoms with E-state index in [0.717, 1.165) is 0 Å². The minimum atomic E-state index is -0.965. The molecule has 2 N–H and O–H groups in total. The summed E-state index contributed by atoms with van der Waals surface area (Å²) in [6, 6.07) is 10.8. The highest BCUT2D eigenvalue weighted by molar-refractivity contribution is 6.47. The van der Waals surface area contributed by atoms with Gasteiger partial charge in [0, 0.05) is 0 Å². The molecule has 0 radical (unpaired) electrons. The fourth-order valence-corrected chi connectivity index (χ4v) is 2.29. The molecule has 0 saturated heterocycles. The lowest BCUT2D eigenvalue weighted by molar-refractivity contribution is -0.133. The molecule has 2 aromatic carbocycles. The quantitative estimate of drug-likeness (QED) is 0.624. The van der Waals surface area contributed by atoms with E-state index in [1.165, 1.54) is 18.2 Å². The Morgan fingerprint density at radius 3 is 2.20 bits per heavy atom. The highest BCUT2D eigenvalue weighted by Crippen LogP contribution is 2.29. The molecule has 0 saturated carbocycles. The van der Waals surface area contributed by atoms with Gasteiger partial charge < -0.3 is 15.4 Å². The number of carbonyl (C=O) groups excluding carboxylic acids is 3. The van der Waals surface area contributed by atoms with E-state index in [1.807, 2.05) is 0 Å². The van der Waals surface area contributed by atoms with E-state index in [2.05, 4.69) is 10.6 Å². The summed E-state index contributed by atoms with van der Waals surface area (Å²) in [6.07, 6.45) is 0. The van der Waals surface area contributed by atoms with E-state index in [-0.39, 0.29) is 33.6 Å². The van der Waals surface area contributed by atoms with Gasteiger partial charge in [0.15, 0.2) is 0 Å². The molecule has 0 aliphatic carbocycles. The van der Waals surface area contributed by atoms with Crippen LogP contribution in [-0.2, 0) is 14.3 Å². The van der Waals surface area contributed by atoms with Gasteiger partial charge in [0.25, 0.3) is 0 Å². The Hall–Kier alpha value is -2.57. The van der Waals surface area contributed by atoms with Crippen LogP contribution in [0, 0.1) is 0 Å². The second-order valence-electron chi connectivity index (χ2n) is 4.78. The van der Waals surface area contributed by atoms with Gasteiger partial charge in [0.1, 0.15) is 0 Å². The maximum absolute atomic E-state index is 12.1. The molecule has 25 heavy (non-hydrogen) atoms. The molecule has 8 heteroatoms. The van der Waals surface area contributed by atoms with Gasteiger partial charge in [0.2, 0.25) is 0 Å². The summed E-state index contributed by atoms with van der Waals surface area (Å²) in [5.41, 5.74) is 0.512. The van der Waals surface area contributed by atoms with E-state index in [1.54, 1.807) is 31.2 Å². The summed E-state index contributed by atoms with van der Waals surface area (Å²) in [5, 5.41) is 5.10. The Bertz CT molecular complexity index is 824. The van der Waals surface area contributed by atoms with Crippen molar-refractivity contribution in [3.05, 3.63) is 58.1 Å². The number of halogens is 2. The normalized spacial score (nSPS) is 10.0. The van der Waals surface area contributed by atoms with Gasteiger partial charge in [-0.3, -0.25) is 9.59 Å². The van der Waals surface area contributed by atoms with Crippen LogP contribution < -0.4 is 10.6 Å². The Morgan fingerprint density at radius 1 is 0.920 bits per heavy atom. The number of ether oxygens (including phenoxy) is 1. The van der Waals surface area contributed by atoms with Crippen molar-refractivity contribution < 1.29 is 19.1 Å². The second kappa shape index (κ2) is 8.50. The van der Waals surface area contributed by atoms with E-state index >= 15 is 0 Å². The Kier molecular flexibility index (Phi) is 6.38. The van der Waals surface area contributed by atoms with Crippen molar-refractivity contribution in [3.8, 4) is 0 Å². The van der Waals surface area contributed by atoms with Crippen molar-refractivity contribution in [2.24, 2.45) is 0 Å². The number of hydrogen-bond donors (Lipinski definition) is 2. The molecule has 0 spiro atoms. The zero-order valence-corrected chi connectivity index (χ0v) is 14.6. The van der Waals surface area contributed by atoms with E-state index < -0.39 is 17.8 Å². The lowest BCUT2D eigenvalue weighted by Gasteiger charge is -2.11. The third-order valence-corrected chi connectivity index (χ3v) is 3.90. The third-order valence-electron chi connectivity index (χ3n) is 3.08. The first-order valence-corrected chi connectivity index (χ1v) is 8.02. The summed E-state index contributed by atoms with van der Waals surface area (Å²) in [4.78, 5) is 36.0. The standard InChI is InChI=1S/C17H14Cl2N2O4/c1-2-25-17(24)10-6-3-4-8-12(10)20-15(22)16(23)21-13-9-5-7-11(18)14(13)19/h3-9H,2H2,1H3,(H,20,22)(H,21,23). The molecular weight excluding hydrogens is 367 g/mol. The number of rotatable bonds is 4. The van der Waals surface area contributed by atoms with E-state index in [0.29, 0.717) is 0 Å². The number of nitrogens with one attached hydrogen (secondary N) is 2. The van der Waals surface area contributed by atoms with Crippen LogP contribution in [0.1, 0.15) is 17.3 Å². The Balaban J connectivity index is 2.13. The predicted octanol–water partition coefficient (Wildman–Crippen LogP) is 3.75. The van der Waals surface area contributed by atoms with Gasteiger partial charge >= 0.3 is 17.8 Å². The number of hydrogen-bond acceptors (Lipinski definition) is 4. The van der Waals surface area contributed by atoms with Crippen LogP contribution in [0.2, 0.25) is 10.0 Å². The minimum Gasteiger partial charge on any atom is -0.462 e. The molecule has 2 rings (SSSR count). The fraction of sp³-hybridized carbons (Fsp3) is 0.118. The van der Waals surface area contributed by atoms with E-state index in [4.69, 9.17) is 27.9 Å². The highest BCUT2D eigenvalue weighted by atomic mass is 35.5. The third kappa shape index (κ3) is 4.71. The smallest absolute Gasteiger partial charge is 0.340 e. The first-order valence-electron chi connectivity index (χ1n) is 7.26. The van der Waals surface area contributed by atoms with Crippen LogP contribution in [-0.4, -0.2) is 24.4 Å². The van der Waals surface area contributed by atoms with Crippen molar-refractivity contribution in [2.75, 3.05) is 17.2 Å². The SMILES string of the molecule is CCOC(=O)c1ccccc1NC(=O)C(=O)Nc1cccc(Cl)c1Cl. The second-order valence-corrected chi connectivity index (χ2v) is 5.56. The summed E-state index contributed by atoms with van der Waals surface area (Å²) in [7, 11) is 0. The summed E-state index contributed by atoms with van der Waals surface area (Å²) in [6.45, 7) is 1.86. The van der Waals surface area contributed by atoms with Crippen LogP contribution in [0.5, 0.6) is 0 Å². The molecule has 0 aromatic heterocycles. The first-order chi connectivity index (χ1) is 11.9. The number of amides is 2. The van der Waals surface area contributed by atoms with Crippen LogP contribution in [0.25, 0.3) is 0 Å². The maximum Gasteiger partial charge on any atom is 0.340 e. The van der Waals surface area contributed by atoms with Gasteiger partial charge in [-0.2, -0.15) is 0 Å². The van der Waals surface area contributed by atoms with Gasteiger partial charge in [-0.05, 0) is 31.2 Å². The topological polar surface area (TPSA) is 84.5 Å². The van der Waals surface area contributed by atoms with Crippen molar-refractivity contribution in [1.82, 2.24) is 0 Å². The molecule has 130 valence electrons. The molecule has 0 atom stereocenters. The van der Waals surface area contributed by atoms with Gasteiger partial charge in [-0.15, -0.1) is 0 Å². The molecule has 0 fully saturated rings. The van der Waals surface area contributed by atoms with Crippen molar-refractivity contribution in [3.63, 3.8) is 0 Å². The maximum atomic E-state index is 12.1.